The molecule has 0 saturated heterocycles. The Kier molecular flexibility index (Phi) is 2.68. The SMILES string of the molecule is FC(F)(F)c1ccnn1C1=CC=CCC=C1. The highest BCUT2D eigenvalue weighted by Crippen LogP contribution is 2.30. The third-order valence-electron chi connectivity index (χ3n) is 2.14. The van der Waals surface area contributed by atoms with Crippen molar-refractivity contribution in [3.8, 4) is 0 Å². The summed E-state index contributed by atoms with van der Waals surface area (Å²) in [5.74, 6) is 0. The number of rotatable bonds is 1. The summed E-state index contributed by atoms with van der Waals surface area (Å²) in [7, 11) is 0. The van der Waals surface area contributed by atoms with Crippen molar-refractivity contribution in [2.24, 2.45) is 0 Å². The second-order valence-corrected chi connectivity index (χ2v) is 3.28. The van der Waals surface area contributed by atoms with E-state index < -0.39 is 11.9 Å². The van der Waals surface area contributed by atoms with E-state index in [0.717, 1.165) is 16.9 Å². The number of halogens is 3. The molecule has 84 valence electrons. The smallest absolute Gasteiger partial charge is 0.229 e. The Balaban J connectivity index is 2.45. The molecular formula is C11H9F3N2. The molecule has 0 N–H and O–H groups in total. The van der Waals surface area contributed by atoms with Gasteiger partial charge in [0.1, 0.15) is 5.69 Å². The van der Waals surface area contributed by atoms with Crippen LogP contribution in [0.1, 0.15) is 12.1 Å². The topological polar surface area (TPSA) is 17.8 Å². The summed E-state index contributed by atoms with van der Waals surface area (Å²) >= 11 is 0. The van der Waals surface area contributed by atoms with Crippen LogP contribution in [0.5, 0.6) is 0 Å². The van der Waals surface area contributed by atoms with Crippen LogP contribution in [-0.4, -0.2) is 9.78 Å². The van der Waals surface area contributed by atoms with Crippen LogP contribution in [0.4, 0.5) is 13.2 Å². The minimum absolute atomic E-state index is 0.408. The predicted octanol–water partition coefficient (Wildman–Crippen LogP) is 3.26. The highest BCUT2D eigenvalue weighted by molar-refractivity contribution is 5.60. The molecule has 16 heavy (non-hydrogen) atoms. The van der Waals surface area contributed by atoms with Gasteiger partial charge in [0.05, 0.1) is 11.9 Å². The minimum Gasteiger partial charge on any atom is -0.229 e. The van der Waals surface area contributed by atoms with Crippen molar-refractivity contribution >= 4 is 5.70 Å². The van der Waals surface area contributed by atoms with Crippen LogP contribution in [0.15, 0.2) is 42.6 Å². The first-order chi connectivity index (χ1) is 7.59. The van der Waals surface area contributed by atoms with Crippen molar-refractivity contribution in [2.45, 2.75) is 12.6 Å². The summed E-state index contributed by atoms with van der Waals surface area (Å²) in [6.07, 6.45) is 6.07. The van der Waals surface area contributed by atoms with E-state index in [1.807, 2.05) is 6.08 Å². The van der Waals surface area contributed by atoms with Crippen LogP contribution in [0, 0.1) is 0 Å². The lowest BCUT2D eigenvalue weighted by Crippen LogP contribution is -2.13. The third kappa shape index (κ3) is 2.08. The molecule has 0 saturated carbocycles. The van der Waals surface area contributed by atoms with Gasteiger partial charge < -0.3 is 0 Å². The van der Waals surface area contributed by atoms with Crippen LogP contribution in [0.3, 0.4) is 0 Å². The van der Waals surface area contributed by atoms with Crippen LogP contribution in [-0.2, 0) is 6.18 Å². The average molecular weight is 226 g/mol. The zero-order valence-corrected chi connectivity index (χ0v) is 8.28. The van der Waals surface area contributed by atoms with Gasteiger partial charge in [0.2, 0.25) is 0 Å². The van der Waals surface area contributed by atoms with E-state index >= 15 is 0 Å². The molecular weight excluding hydrogens is 217 g/mol. The van der Waals surface area contributed by atoms with E-state index in [2.05, 4.69) is 5.10 Å². The number of aromatic nitrogens is 2. The zero-order valence-electron chi connectivity index (χ0n) is 8.28. The zero-order chi connectivity index (χ0) is 11.6. The van der Waals surface area contributed by atoms with Gasteiger partial charge in [0.25, 0.3) is 0 Å². The monoisotopic (exact) mass is 226 g/mol. The van der Waals surface area contributed by atoms with Crippen molar-refractivity contribution in [3.63, 3.8) is 0 Å². The molecule has 1 aliphatic carbocycles. The fourth-order valence-electron chi connectivity index (χ4n) is 1.43. The van der Waals surface area contributed by atoms with Crippen molar-refractivity contribution in [1.82, 2.24) is 9.78 Å². The number of hydrogen-bond donors (Lipinski definition) is 0. The molecule has 1 aromatic heterocycles. The molecule has 0 bridgehead atoms. The number of alkyl halides is 3. The second kappa shape index (κ2) is 4.00. The Hall–Kier alpha value is -1.78. The van der Waals surface area contributed by atoms with Crippen molar-refractivity contribution in [2.75, 3.05) is 0 Å². The molecule has 0 unspecified atom stereocenters. The lowest BCUT2D eigenvalue weighted by Gasteiger charge is -2.10. The van der Waals surface area contributed by atoms with Gasteiger partial charge in [-0.05, 0) is 24.6 Å². The lowest BCUT2D eigenvalue weighted by molar-refractivity contribution is -0.142. The molecule has 5 heteroatoms. The van der Waals surface area contributed by atoms with E-state index in [4.69, 9.17) is 0 Å². The Morgan fingerprint density at radius 3 is 2.81 bits per heavy atom. The summed E-state index contributed by atoms with van der Waals surface area (Å²) in [6.45, 7) is 0. The minimum atomic E-state index is -4.39. The van der Waals surface area contributed by atoms with E-state index in [-0.39, 0.29) is 0 Å². The van der Waals surface area contributed by atoms with Crippen LogP contribution in [0.25, 0.3) is 5.70 Å². The maximum absolute atomic E-state index is 12.6. The Morgan fingerprint density at radius 2 is 2.06 bits per heavy atom. The molecule has 1 heterocycles. The standard InChI is InChI=1S/C11H9F3N2/c12-11(13,14)10-7-8-15-16(10)9-5-3-1-2-4-6-9/h1,3-8H,2H2. The fraction of sp³-hybridized carbons (Fsp3) is 0.182. The van der Waals surface area contributed by atoms with Gasteiger partial charge in [-0.15, -0.1) is 0 Å². The molecule has 0 radical (unpaired) electrons. The van der Waals surface area contributed by atoms with Crippen LogP contribution in [0.2, 0.25) is 0 Å². The molecule has 0 amide bonds. The Labute approximate surface area is 90.4 Å². The van der Waals surface area contributed by atoms with Crippen molar-refractivity contribution in [1.29, 1.82) is 0 Å². The molecule has 0 aromatic carbocycles. The van der Waals surface area contributed by atoms with Crippen LogP contribution < -0.4 is 0 Å². The molecule has 0 spiro atoms. The fourth-order valence-corrected chi connectivity index (χ4v) is 1.43. The number of nitrogens with zero attached hydrogens (tertiary/aromatic N) is 2. The Morgan fingerprint density at radius 1 is 1.25 bits per heavy atom. The molecule has 2 rings (SSSR count). The summed E-state index contributed by atoms with van der Waals surface area (Å²) in [5, 5.41) is 3.69. The summed E-state index contributed by atoms with van der Waals surface area (Å²) in [5.41, 5.74) is -0.357. The first-order valence-electron chi connectivity index (χ1n) is 4.74. The lowest BCUT2D eigenvalue weighted by atomic mass is 10.3. The summed E-state index contributed by atoms with van der Waals surface area (Å²) in [4.78, 5) is 0. The second-order valence-electron chi connectivity index (χ2n) is 3.28. The van der Waals surface area contributed by atoms with E-state index in [1.54, 1.807) is 24.3 Å². The third-order valence-corrected chi connectivity index (χ3v) is 2.14. The number of allylic oxidation sites excluding steroid dienone is 6. The average Bonchev–Trinajstić information content (AvgIpc) is 2.55. The molecule has 1 aliphatic rings. The largest absolute Gasteiger partial charge is 0.433 e. The molecule has 1 aromatic rings. The van der Waals surface area contributed by atoms with Gasteiger partial charge >= 0.3 is 6.18 Å². The van der Waals surface area contributed by atoms with E-state index in [9.17, 15) is 13.2 Å². The summed E-state index contributed by atoms with van der Waals surface area (Å²) < 4.78 is 38.7. The van der Waals surface area contributed by atoms with Crippen molar-refractivity contribution < 1.29 is 13.2 Å². The molecule has 2 nitrogen and oxygen atoms in total. The predicted molar refractivity (Wildman–Crippen MR) is 54.4 cm³/mol. The first-order valence-corrected chi connectivity index (χ1v) is 4.74. The molecule has 0 aliphatic heterocycles. The maximum atomic E-state index is 12.6. The first kappa shape index (κ1) is 10.7. The van der Waals surface area contributed by atoms with Gasteiger partial charge in [-0.3, -0.25) is 0 Å². The highest BCUT2D eigenvalue weighted by atomic mass is 19.4. The molecule has 0 atom stereocenters. The Bertz CT molecular complexity index is 464. The van der Waals surface area contributed by atoms with Gasteiger partial charge in [0.15, 0.2) is 0 Å². The van der Waals surface area contributed by atoms with Gasteiger partial charge in [0, 0.05) is 0 Å². The molecule has 0 fully saturated rings. The van der Waals surface area contributed by atoms with Gasteiger partial charge in [-0.1, -0.05) is 18.2 Å². The van der Waals surface area contributed by atoms with Crippen LogP contribution >= 0.6 is 0 Å². The normalized spacial score (nSPS) is 16.1. The number of hydrogen-bond acceptors (Lipinski definition) is 1. The highest BCUT2D eigenvalue weighted by Gasteiger charge is 2.35. The van der Waals surface area contributed by atoms with E-state index in [1.165, 1.54) is 0 Å². The quantitative estimate of drug-likeness (QED) is 0.718. The van der Waals surface area contributed by atoms with Gasteiger partial charge in [-0.2, -0.15) is 18.3 Å². The van der Waals surface area contributed by atoms with Gasteiger partial charge in [-0.25, -0.2) is 4.68 Å². The van der Waals surface area contributed by atoms with E-state index in [0.29, 0.717) is 12.1 Å². The van der Waals surface area contributed by atoms with Crippen molar-refractivity contribution in [3.05, 3.63) is 48.3 Å². The summed E-state index contributed by atoms with van der Waals surface area (Å²) in [6, 6.07) is 0.962. The maximum Gasteiger partial charge on any atom is 0.433 e.